The van der Waals surface area contributed by atoms with E-state index >= 15 is 0 Å². The maximum absolute atomic E-state index is 12.6. The van der Waals surface area contributed by atoms with E-state index in [-0.39, 0.29) is 11.7 Å². The molecule has 1 aliphatic rings. The van der Waals surface area contributed by atoms with Gasteiger partial charge in [0.1, 0.15) is 5.75 Å². The fourth-order valence-corrected chi connectivity index (χ4v) is 4.16. The predicted molar refractivity (Wildman–Crippen MR) is 111 cm³/mol. The number of pyridine rings is 1. The number of methoxy groups -OCH3 is 1. The van der Waals surface area contributed by atoms with E-state index in [9.17, 15) is 9.59 Å². The molecule has 0 radical (unpaired) electrons. The molecule has 1 amide bonds. The first-order valence-electron chi connectivity index (χ1n) is 9.33. The number of carbonyl (C=O) groups excluding carboxylic acids is 2. The number of anilines is 1. The van der Waals surface area contributed by atoms with Gasteiger partial charge in [0.05, 0.1) is 12.9 Å². The Labute approximate surface area is 169 Å². The molecule has 0 saturated carbocycles. The predicted octanol–water partition coefficient (Wildman–Crippen LogP) is 2.29. The van der Waals surface area contributed by atoms with Crippen LogP contribution < -0.4 is 14.6 Å². The van der Waals surface area contributed by atoms with Gasteiger partial charge in [-0.05, 0) is 25.1 Å². The number of ketones is 1. The second-order valence-corrected chi connectivity index (χ2v) is 7.69. The summed E-state index contributed by atoms with van der Waals surface area (Å²) in [5.41, 5.74) is 2.79. The molecule has 1 N–H and O–H groups in total. The summed E-state index contributed by atoms with van der Waals surface area (Å²) >= 11 is 1.55. The number of nitrogens with one attached hydrogen (secondary N) is 1. The molecule has 28 heavy (non-hydrogen) atoms. The van der Waals surface area contributed by atoms with Crippen molar-refractivity contribution in [3.05, 3.63) is 53.9 Å². The number of hydrogen-bond acceptors (Lipinski definition) is 5. The van der Waals surface area contributed by atoms with Crippen LogP contribution >= 0.6 is 11.8 Å². The number of rotatable bonds is 7. The molecule has 0 bridgehead atoms. The number of benzene rings is 1. The summed E-state index contributed by atoms with van der Waals surface area (Å²) in [7, 11) is 1.62. The fourth-order valence-electron chi connectivity index (χ4n) is 3.25. The van der Waals surface area contributed by atoms with Crippen LogP contribution in [0.3, 0.4) is 0 Å². The second kappa shape index (κ2) is 9.59. The van der Waals surface area contributed by atoms with Crippen molar-refractivity contribution in [2.45, 2.75) is 12.7 Å². The van der Waals surface area contributed by atoms with Crippen molar-refractivity contribution in [3.63, 3.8) is 0 Å². The van der Waals surface area contributed by atoms with E-state index in [4.69, 9.17) is 4.74 Å². The minimum Gasteiger partial charge on any atom is -0.496 e. The van der Waals surface area contributed by atoms with E-state index in [1.165, 1.54) is 5.69 Å². The van der Waals surface area contributed by atoms with Crippen molar-refractivity contribution in [3.8, 4) is 5.75 Å². The molecule has 0 aliphatic carbocycles. The zero-order valence-corrected chi connectivity index (χ0v) is 17.1. The van der Waals surface area contributed by atoms with Gasteiger partial charge in [-0.15, -0.1) is 11.8 Å². The van der Waals surface area contributed by atoms with Crippen LogP contribution in [0, 0.1) is 0 Å². The van der Waals surface area contributed by atoms with Gasteiger partial charge >= 0.3 is 0 Å². The first-order valence-corrected chi connectivity index (χ1v) is 10.5. The molecule has 3 rings (SSSR count). The number of H-pyrrole nitrogens is 1. The van der Waals surface area contributed by atoms with Gasteiger partial charge in [-0.3, -0.25) is 9.59 Å². The van der Waals surface area contributed by atoms with Crippen molar-refractivity contribution in [1.82, 2.24) is 4.90 Å². The van der Waals surface area contributed by atoms with E-state index in [1.807, 2.05) is 29.4 Å². The minimum atomic E-state index is 0.0270. The van der Waals surface area contributed by atoms with Crippen LogP contribution in [0.1, 0.15) is 22.8 Å². The maximum Gasteiger partial charge on any atom is 0.232 e. The lowest BCUT2D eigenvalue weighted by atomic mass is 10.1. The van der Waals surface area contributed by atoms with Crippen LogP contribution in [0.25, 0.3) is 0 Å². The van der Waals surface area contributed by atoms with E-state index in [0.717, 1.165) is 37.5 Å². The summed E-state index contributed by atoms with van der Waals surface area (Å²) in [4.78, 5) is 31.4. The highest BCUT2D eigenvalue weighted by atomic mass is 32.2. The number of aromatic nitrogens is 1. The highest BCUT2D eigenvalue weighted by molar-refractivity contribution is 7.99. The summed E-state index contributed by atoms with van der Waals surface area (Å²) in [5.74, 6) is 2.00. The highest BCUT2D eigenvalue weighted by Crippen LogP contribution is 2.25. The van der Waals surface area contributed by atoms with Gasteiger partial charge in [-0.25, -0.2) is 4.98 Å². The number of ether oxygens (including phenoxy) is 1. The monoisotopic (exact) mass is 400 g/mol. The average Bonchev–Trinajstić information content (AvgIpc) is 2.74. The van der Waals surface area contributed by atoms with Crippen LogP contribution in [-0.4, -0.2) is 55.6 Å². The van der Waals surface area contributed by atoms with Gasteiger partial charge in [-0.2, -0.15) is 0 Å². The molecular weight excluding hydrogens is 374 g/mol. The van der Waals surface area contributed by atoms with E-state index in [2.05, 4.69) is 22.0 Å². The first kappa shape index (κ1) is 20.2. The molecule has 2 aromatic rings. The average molecular weight is 401 g/mol. The SMILES string of the molecule is COc1ccc(C(C)=O)cc1CSCC(=O)N1CCN(c2cc[nH+]cc2)CC1. The van der Waals surface area contributed by atoms with Crippen LogP contribution in [0.2, 0.25) is 0 Å². The summed E-state index contributed by atoms with van der Waals surface area (Å²) in [6, 6.07) is 9.54. The van der Waals surface area contributed by atoms with Gasteiger partial charge in [0, 0.05) is 60.9 Å². The number of hydrogen-bond donors (Lipinski definition) is 0. The molecule has 0 spiro atoms. The number of carbonyl (C=O) groups is 2. The molecule has 148 valence electrons. The molecule has 1 aromatic carbocycles. The lowest BCUT2D eigenvalue weighted by Crippen LogP contribution is -2.49. The topological polar surface area (TPSA) is 64.0 Å². The Morgan fingerprint density at radius 2 is 1.82 bits per heavy atom. The second-order valence-electron chi connectivity index (χ2n) is 6.70. The molecular formula is C21H26N3O3S+. The fraction of sp³-hybridized carbons (Fsp3) is 0.381. The maximum atomic E-state index is 12.6. The van der Waals surface area contributed by atoms with Crippen LogP contribution in [0.4, 0.5) is 5.69 Å². The van der Waals surface area contributed by atoms with Crippen LogP contribution in [-0.2, 0) is 10.5 Å². The summed E-state index contributed by atoms with van der Waals surface area (Å²) in [6.07, 6.45) is 3.83. The van der Waals surface area contributed by atoms with E-state index < -0.39 is 0 Å². The third-order valence-electron chi connectivity index (χ3n) is 4.87. The third-order valence-corrected chi connectivity index (χ3v) is 5.83. The summed E-state index contributed by atoms with van der Waals surface area (Å²) in [5, 5.41) is 0. The Morgan fingerprint density at radius 1 is 1.11 bits per heavy atom. The number of nitrogens with zero attached hydrogens (tertiary/aromatic N) is 2. The van der Waals surface area contributed by atoms with Crippen molar-refractivity contribution in [2.75, 3.05) is 43.9 Å². The smallest absolute Gasteiger partial charge is 0.232 e. The van der Waals surface area contributed by atoms with E-state index in [1.54, 1.807) is 31.9 Å². The van der Waals surface area contributed by atoms with Gasteiger partial charge in [0.2, 0.25) is 5.91 Å². The molecule has 7 heteroatoms. The van der Waals surface area contributed by atoms with Crippen LogP contribution in [0.15, 0.2) is 42.7 Å². The Kier molecular flexibility index (Phi) is 6.92. The Morgan fingerprint density at radius 3 is 2.46 bits per heavy atom. The molecule has 1 aliphatic heterocycles. The van der Waals surface area contributed by atoms with Crippen molar-refractivity contribution in [1.29, 1.82) is 0 Å². The molecule has 0 atom stereocenters. The van der Waals surface area contributed by atoms with Gasteiger partial charge in [0.15, 0.2) is 18.2 Å². The van der Waals surface area contributed by atoms with Crippen molar-refractivity contribution in [2.24, 2.45) is 0 Å². The van der Waals surface area contributed by atoms with Gasteiger partial charge in [0.25, 0.3) is 0 Å². The summed E-state index contributed by atoms with van der Waals surface area (Å²) < 4.78 is 5.38. The molecule has 2 heterocycles. The number of aromatic amines is 1. The highest BCUT2D eigenvalue weighted by Gasteiger charge is 2.21. The summed E-state index contributed by atoms with van der Waals surface area (Å²) in [6.45, 7) is 4.71. The standard InChI is InChI=1S/C21H25N3O3S/c1-16(25)17-3-4-20(27-2)18(13-17)14-28-15-21(26)24-11-9-23(10-12-24)19-5-7-22-8-6-19/h3-8,13H,9-12,14-15H2,1-2H3/p+1. The normalized spacial score (nSPS) is 14.1. The molecule has 1 aromatic heterocycles. The number of Topliss-reactive ketones (excluding diaryl/α,β-unsaturated/α-hetero) is 1. The molecule has 0 unspecified atom stereocenters. The first-order chi connectivity index (χ1) is 13.6. The van der Waals surface area contributed by atoms with Gasteiger partial charge in [-0.1, -0.05) is 0 Å². The molecule has 1 saturated heterocycles. The van der Waals surface area contributed by atoms with Crippen molar-refractivity contribution < 1.29 is 19.3 Å². The van der Waals surface area contributed by atoms with Gasteiger partial charge < -0.3 is 14.5 Å². The Balaban J connectivity index is 1.49. The van der Waals surface area contributed by atoms with E-state index in [0.29, 0.717) is 17.1 Å². The minimum absolute atomic E-state index is 0.0270. The Bertz CT molecular complexity index is 821. The Hall–Kier alpha value is -2.54. The number of amides is 1. The number of thioether (sulfide) groups is 1. The molecule has 1 fully saturated rings. The molecule has 6 nitrogen and oxygen atoms in total. The quantitative estimate of drug-likeness (QED) is 0.668. The third kappa shape index (κ3) is 5.04. The largest absolute Gasteiger partial charge is 0.496 e. The lowest BCUT2D eigenvalue weighted by Gasteiger charge is -2.35. The number of piperazine rings is 1. The van der Waals surface area contributed by atoms with Crippen LogP contribution in [0.5, 0.6) is 5.75 Å². The zero-order chi connectivity index (χ0) is 19.9. The lowest BCUT2D eigenvalue weighted by molar-refractivity contribution is -0.377. The van der Waals surface area contributed by atoms with Crippen molar-refractivity contribution >= 4 is 29.1 Å². The zero-order valence-electron chi connectivity index (χ0n) is 16.3.